The Morgan fingerprint density at radius 1 is 0.524 bits per heavy atom. The van der Waals surface area contributed by atoms with Crippen molar-refractivity contribution in [3.63, 3.8) is 0 Å². The smallest absolute Gasteiger partial charge is 0.132 e. The monoisotopic (exact) mass is 570 g/mol. The Morgan fingerprint density at radius 3 is 1.26 bits per heavy atom. The number of hydrogen-bond acceptors (Lipinski definition) is 1. The molecule has 0 unspecified atom stereocenters. The molecule has 0 amide bonds. The Hall–Kier alpha value is -1.89. The second-order valence-electron chi connectivity index (χ2n) is 14.2. The van der Waals surface area contributed by atoms with Crippen LogP contribution in [0, 0.1) is 11.8 Å². The standard InChI is InChI=1S/C41H62O/c1-3-11-33-17-25-37(26-18-33)39-29-21-35(22-30-39)13-7-5-9-15-41(42)16-10-6-8-14-36-23-31-40(32-24-36)38-27-19-34(12-4-2)20-28-38/h21-24,29-34,37-38H,3-20,25-28H2,1-2H3/t33-,34?,37-,38?. The van der Waals surface area contributed by atoms with Gasteiger partial charge in [-0.15, -0.1) is 0 Å². The van der Waals surface area contributed by atoms with Gasteiger partial charge >= 0.3 is 0 Å². The largest absolute Gasteiger partial charge is 0.300 e. The van der Waals surface area contributed by atoms with Gasteiger partial charge in [-0.3, -0.25) is 4.79 Å². The molecule has 42 heavy (non-hydrogen) atoms. The summed E-state index contributed by atoms with van der Waals surface area (Å²) in [4.78, 5) is 12.4. The third-order valence-electron chi connectivity index (χ3n) is 10.8. The van der Waals surface area contributed by atoms with Crippen LogP contribution < -0.4 is 0 Å². The normalized spacial score (nSPS) is 22.7. The number of carbonyl (C=O) groups excluding carboxylic acids is 1. The molecule has 2 aliphatic rings. The highest BCUT2D eigenvalue weighted by molar-refractivity contribution is 5.78. The quantitative estimate of drug-likeness (QED) is 0.163. The zero-order valence-electron chi connectivity index (χ0n) is 27.4. The van der Waals surface area contributed by atoms with E-state index in [1.54, 1.807) is 11.1 Å². The van der Waals surface area contributed by atoms with Crippen LogP contribution >= 0.6 is 0 Å². The Kier molecular flexibility index (Phi) is 14.7. The highest BCUT2D eigenvalue weighted by atomic mass is 16.1. The predicted octanol–water partition coefficient (Wildman–Crippen LogP) is 12.3. The van der Waals surface area contributed by atoms with Crippen LogP contribution in [0.2, 0.25) is 0 Å². The topological polar surface area (TPSA) is 17.1 Å². The molecule has 0 aliphatic heterocycles. The fraction of sp³-hybridized carbons (Fsp3) is 0.683. The Morgan fingerprint density at radius 2 is 0.905 bits per heavy atom. The van der Waals surface area contributed by atoms with Crippen molar-refractivity contribution >= 4 is 5.78 Å². The maximum Gasteiger partial charge on any atom is 0.132 e. The summed E-state index contributed by atoms with van der Waals surface area (Å²) < 4.78 is 0. The molecule has 232 valence electrons. The fourth-order valence-corrected chi connectivity index (χ4v) is 8.08. The van der Waals surface area contributed by atoms with Crippen molar-refractivity contribution in [3.05, 3.63) is 70.8 Å². The van der Waals surface area contributed by atoms with Crippen molar-refractivity contribution in [3.8, 4) is 0 Å². The number of ketones is 1. The van der Waals surface area contributed by atoms with Gasteiger partial charge < -0.3 is 0 Å². The molecular weight excluding hydrogens is 508 g/mol. The van der Waals surface area contributed by atoms with E-state index in [2.05, 4.69) is 62.4 Å². The lowest BCUT2D eigenvalue weighted by atomic mass is 9.77. The number of rotatable bonds is 18. The zero-order chi connectivity index (χ0) is 29.4. The first-order valence-electron chi connectivity index (χ1n) is 18.3. The van der Waals surface area contributed by atoms with Gasteiger partial charge in [-0.2, -0.15) is 0 Å². The summed E-state index contributed by atoms with van der Waals surface area (Å²) in [5.41, 5.74) is 6.06. The van der Waals surface area contributed by atoms with E-state index in [9.17, 15) is 4.79 Å². The van der Waals surface area contributed by atoms with Gasteiger partial charge in [0.2, 0.25) is 0 Å². The molecule has 2 saturated carbocycles. The van der Waals surface area contributed by atoms with Gasteiger partial charge in [-0.05, 0) is 136 Å². The van der Waals surface area contributed by atoms with Crippen LogP contribution in [-0.2, 0) is 17.6 Å². The van der Waals surface area contributed by atoms with Gasteiger partial charge in [0.25, 0.3) is 0 Å². The van der Waals surface area contributed by atoms with E-state index in [4.69, 9.17) is 0 Å². The van der Waals surface area contributed by atoms with E-state index in [0.29, 0.717) is 5.78 Å². The first-order chi connectivity index (χ1) is 20.6. The van der Waals surface area contributed by atoms with E-state index >= 15 is 0 Å². The van der Waals surface area contributed by atoms with E-state index in [1.165, 1.54) is 114 Å². The maximum atomic E-state index is 12.4. The van der Waals surface area contributed by atoms with Crippen LogP contribution in [0.15, 0.2) is 48.5 Å². The first kappa shape index (κ1) is 33.0. The molecule has 2 aliphatic carbocycles. The third-order valence-corrected chi connectivity index (χ3v) is 10.8. The average Bonchev–Trinajstić information content (AvgIpc) is 3.02. The number of benzene rings is 2. The molecule has 0 saturated heterocycles. The van der Waals surface area contributed by atoms with E-state index in [1.807, 2.05) is 0 Å². The van der Waals surface area contributed by atoms with Crippen LogP contribution in [0.25, 0.3) is 0 Å². The minimum atomic E-state index is 0.478. The summed E-state index contributed by atoms with van der Waals surface area (Å²) in [7, 11) is 0. The van der Waals surface area contributed by atoms with Crippen molar-refractivity contribution in [1.29, 1.82) is 0 Å². The van der Waals surface area contributed by atoms with E-state index < -0.39 is 0 Å². The summed E-state index contributed by atoms with van der Waals surface area (Å²) in [6.07, 6.45) is 27.5. The van der Waals surface area contributed by atoms with Crippen LogP contribution in [0.3, 0.4) is 0 Å². The second kappa shape index (κ2) is 18.7. The van der Waals surface area contributed by atoms with Gasteiger partial charge in [-0.1, -0.05) is 101 Å². The van der Waals surface area contributed by atoms with Crippen molar-refractivity contribution in [1.82, 2.24) is 0 Å². The molecule has 0 spiro atoms. The summed E-state index contributed by atoms with van der Waals surface area (Å²) in [6, 6.07) is 19.1. The van der Waals surface area contributed by atoms with E-state index in [0.717, 1.165) is 62.2 Å². The van der Waals surface area contributed by atoms with Gasteiger partial charge in [0.1, 0.15) is 5.78 Å². The Bertz CT molecular complexity index is 905. The molecule has 4 rings (SSSR count). The number of Topliss-reactive ketones (excluding diaryl/α,β-unsaturated/α-hetero) is 1. The lowest BCUT2D eigenvalue weighted by Crippen LogP contribution is -2.13. The summed E-state index contributed by atoms with van der Waals surface area (Å²) >= 11 is 0. The Labute approximate surface area is 259 Å². The average molecular weight is 571 g/mol. The predicted molar refractivity (Wildman–Crippen MR) is 181 cm³/mol. The number of aryl methyl sites for hydroxylation is 2. The van der Waals surface area contributed by atoms with Crippen LogP contribution in [0.1, 0.15) is 176 Å². The molecule has 0 N–H and O–H groups in total. The lowest BCUT2D eigenvalue weighted by molar-refractivity contribution is -0.119. The minimum absolute atomic E-state index is 0.478. The number of unbranched alkanes of at least 4 members (excludes halogenated alkanes) is 4. The Balaban J connectivity index is 0.994. The molecule has 0 heterocycles. The molecule has 0 radical (unpaired) electrons. The minimum Gasteiger partial charge on any atom is -0.300 e. The van der Waals surface area contributed by atoms with Gasteiger partial charge in [0, 0.05) is 12.8 Å². The molecule has 0 bridgehead atoms. The van der Waals surface area contributed by atoms with Gasteiger partial charge in [0.15, 0.2) is 0 Å². The van der Waals surface area contributed by atoms with Crippen LogP contribution in [0.5, 0.6) is 0 Å². The van der Waals surface area contributed by atoms with Gasteiger partial charge in [0.05, 0.1) is 0 Å². The van der Waals surface area contributed by atoms with Crippen LogP contribution in [0.4, 0.5) is 0 Å². The lowest BCUT2D eigenvalue weighted by Gasteiger charge is -2.28. The van der Waals surface area contributed by atoms with Crippen LogP contribution in [-0.4, -0.2) is 5.78 Å². The van der Waals surface area contributed by atoms with Gasteiger partial charge in [-0.25, -0.2) is 0 Å². The highest BCUT2D eigenvalue weighted by Gasteiger charge is 2.22. The fourth-order valence-electron chi connectivity index (χ4n) is 8.08. The molecule has 1 nitrogen and oxygen atoms in total. The summed E-state index contributed by atoms with van der Waals surface area (Å²) in [5, 5.41) is 0. The molecule has 0 atom stereocenters. The zero-order valence-corrected chi connectivity index (χ0v) is 27.4. The second-order valence-corrected chi connectivity index (χ2v) is 14.2. The van der Waals surface area contributed by atoms with E-state index in [-0.39, 0.29) is 0 Å². The molecule has 1 heteroatoms. The third kappa shape index (κ3) is 11.3. The number of hydrogen-bond donors (Lipinski definition) is 0. The molecular formula is C41H62O. The molecule has 2 fully saturated rings. The number of carbonyl (C=O) groups is 1. The summed E-state index contributed by atoms with van der Waals surface area (Å²) in [5.74, 6) is 4.01. The van der Waals surface area contributed by atoms with Crippen molar-refractivity contribution in [2.75, 3.05) is 0 Å². The van der Waals surface area contributed by atoms with Crippen molar-refractivity contribution in [2.45, 2.75) is 167 Å². The molecule has 2 aromatic carbocycles. The first-order valence-corrected chi connectivity index (χ1v) is 18.3. The summed E-state index contributed by atoms with van der Waals surface area (Å²) in [6.45, 7) is 4.65. The maximum absolute atomic E-state index is 12.4. The molecule has 2 aromatic rings. The molecule has 0 aromatic heterocycles. The SMILES string of the molecule is CCCC1CCC(c2ccc(CCCCCC(=O)CCCCCc3ccc([C@H]4CC[C@H](CCC)CC4)cc3)cc2)CC1. The van der Waals surface area contributed by atoms with Crippen molar-refractivity contribution < 1.29 is 4.79 Å². The van der Waals surface area contributed by atoms with Crippen molar-refractivity contribution in [2.24, 2.45) is 11.8 Å². The highest BCUT2D eigenvalue weighted by Crippen LogP contribution is 2.38.